The van der Waals surface area contributed by atoms with E-state index in [0.29, 0.717) is 18.1 Å². The highest BCUT2D eigenvalue weighted by atomic mass is 32.2. The lowest BCUT2D eigenvalue weighted by molar-refractivity contribution is -0.127. The highest BCUT2D eigenvalue weighted by Gasteiger charge is 2.16. The molecule has 10 heteroatoms. The summed E-state index contributed by atoms with van der Waals surface area (Å²) in [4.78, 5) is 18.8. The first-order chi connectivity index (χ1) is 14.6. The van der Waals surface area contributed by atoms with E-state index >= 15 is 0 Å². The molecule has 0 saturated carbocycles. The van der Waals surface area contributed by atoms with Gasteiger partial charge in [-0.25, -0.2) is 4.98 Å². The summed E-state index contributed by atoms with van der Waals surface area (Å²) in [6.07, 6.45) is 1.61. The van der Waals surface area contributed by atoms with Crippen molar-refractivity contribution in [3.05, 3.63) is 54.2 Å². The van der Waals surface area contributed by atoms with Gasteiger partial charge >= 0.3 is 0 Å². The fraction of sp³-hybridized carbons (Fsp3) is 0.300. The second-order valence-electron chi connectivity index (χ2n) is 6.50. The Morgan fingerprint density at radius 1 is 1.20 bits per heavy atom. The Bertz CT molecular complexity index is 1090. The predicted octanol–water partition coefficient (Wildman–Crippen LogP) is 4.54. The third-order valence-corrected chi connectivity index (χ3v) is 7.56. The minimum atomic E-state index is 0.0208. The topological polar surface area (TPSA) is 77.1 Å². The molecule has 0 aliphatic carbocycles. The lowest BCUT2D eigenvalue weighted by atomic mass is 10.3. The van der Waals surface area contributed by atoms with Crippen molar-refractivity contribution in [2.75, 3.05) is 12.8 Å². The summed E-state index contributed by atoms with van der Waals surface area (Å²) in [7, 11) is 1.77. The zero-order valence-electron chi connectivity index (χ0n) is 16.6. The largest absolute Gasteiger partial charge is 0.467 e. The fourth-order valence-corrected chi connectivity index (χ4v) is 5.82. The van der Waals surface area contributed by atoms with Gasteiger partial charge in [0.25, 0.3) is 0 Å². The summed E-state index contributed by atoms with van der Waals surface area (Å²) in [6, 6.07) is 11.8. The first-order valence-electron chi connectivity index (χ1n) is 9.43. The fourth-order valence-electron chi connectivity index (χ4n) is 2.85. The lowest BCUT2D eigenvalue weighted by Gasteiger charge is -2.15. The number of hydrogen-bond donors (Lipinski definition) is 0. The van der Waals surface area contributed by atoms with E-state index in [0.717, 1.165) is 33.1 Å². The molecule has 1 amide bonds. The Hall–Kier alpha value is -2.30. The maximum absolute atomic E-state index is 12.4. The van der Waals surface area contributed by atoms with Crippen LogP contribution in [0.2, 0.25) is 0 Å². The minimum Gasteiger partial charge on any atom is -0.467 e. The molecule has 4 aromatic rings. The van der Waals surface area contributed by atoms with Gasteiger partial charge in [-0.3, -0.25) is 4.79 Å². The molecule has 0 saturated heterocycles. The lowest BCUT2D eigenvalue weighted by Crippen LogP contribution is -2.27. The van der Waals surface area contributed by atoms with Gasteiger partial charge in [0.1, 0.15) is 11.6 Å². The van der Waals surface area contributed by atoms with Gasteiger partial charge in [0.2, 0.25) is 5.91 Å². The average molecular weight is 460 g/mol. The molecule has 1 aromatic carbocycles. The van der Waals surface area contributed by atoms with Gasteiger partial charge in [-0.15, -0.1) is 21.5 Å². The molecular weight excluding hydrogens is 438 g/mol. The van der Waals surface area contributed by atoms with E-state index in [1.807, 2.05) is 30.3 Å². The number of aromatic nitrogens is 4. The second kappa shape index (κ2) is 9.67. The first-order valence-corrected chi connectivity index (χ1v) is 12.2. The van der Waals surface area contributed by atoms with Crippen LogP contribution in [0.25, 0.3) is 10.2 Å². The number of rotatable bonds is 9. The molecule has 0 aliphatic rings. The van der Waals surface area contributed by atoms with Crippen molar-refractivity contribution < 1.29 is 9.21 Å². The summed E-state index contributed by atoms with van der Waals surface area (Å²) in [5.41, 5.74) is 1.02. The minimum absolute atomic E-state index is 0.0208. The number of furan rings is 1. The van der Waals surface area contributed by atoms with Crippen molar-refractivity contribution in [2.45, 2.75) is 35.3 Å². The summed E-state index contributed by atoms with van der Waals surface area (Å²) < 4.78 is 9.57. The molecule has 0 atom stereocenters. The molecule has 0 fully saturated rings. The zero-order chi connectivity index (χ0) is 20.9. The molecule has 0 bridgehead atoms. The molecule has 0 radical (unpaired) electrons. The van der Waals surface area contributed by atoms with Gasteiger partial charge in [-0.05, 0) is 31.2 Å². The Balaban J connectivity index is 1.35. The van der Waals surface area contributed by atoms with Crippen LogP contribution >= 0.6 is 34.9 Å². The van der Waals surface area contributed by atoms with Gasteiger partial charge in [-0.1, -0.05) is 35.7 Å². The van der Waals surface area contributed by atoms with E-state index in [1.165, 1.54) is 16.5 Å². The van der Waals surface area contributed by atoms with Crippen LogP contribution in [0.15, 0.2) is 56.6 Å². The monoisotopic (exact) mass is 459 g/mol. The highest BCUT2D eigenvalue weighted by molar-refractivity contribution is 8.00. The maximum atomic E-state index is 12.4. The van der Waals surface area contributed by atoms with Crippen LogP contribution in [-0.2, 0) is 23.6 Å². The summed E-state index contributed by atoms with van der Waals surface area (Å²) in [5, 5.41) is 9.41. The SMILES string of the molecule is CCn1c(CSc2nc3ccccc3s2)nnc1SCC(=O)N(C)Cc1ccco1. The van der Waals surface area contributed by atoms with E-state index in [1.54, 1.807) is 41.3 Å². The number of nitrogens with zero attached hydrogens (tertiary/aromatic N) is 5. The molecule has 0 aliphatic heterocycles. The number of thioether (sulfide) groups is 2. The maximum Gasteiger partial charge on any atom is 0.233 e. The molecule has 4 rings (SSSR count). The molecule has 0 spiro atoms. The molecule has 0 N–H and O–H groups in total. The van der Waals surface area contributed by atoms with Crippen molar-refractivity contribution >= 4 is 51.0 Å². The third-order valence-electron chi connectivity index (χ3n) is 4.43. The van der Waals surface area contributed by atoms with Crippen LogP contribution in [0.3, 0.4) is 0 Å². The molecule has 7 nitrogen and oxygen atoms in total. The molecule has 3 heterocycles. The highest BCUT2D eigenvalue weighted by Crippen LogP contribution is 2.31. The van der Waals surface area contributed by atoms with Crippen LogP contribution in [0, 0.1) is 0 Å². The molecule has 30 heavy (non-hydrogen) atoms. The molecule has 3 aromatic heterocycles. The van der Waals surface area contributed by atoms with Crippen molar-refractivity contribution in [3.8, 4) is 0 Å². The quantitative estimate of drug-likeness (QED) is 0.340. The summed E-state index contributed by atoms with van der Waals surface area (Å²) >= 11 is 4.76. The number of thiazole rings is 1. The van der Waals surface area contributed by atoms with E-state index in [-0.39, 0.29) is 5.91 Å². The van der Waals surface area contributed by atoms with Crippen molar-refractivity contribution in [1.82, 2.24) is 24.6 Å². The Morgan fingerprint density at radius 3 is 2.83 bits per heavy atom. The number of para-hydroxylation sites is 1. The number of carbonyl (C=O) groups excluding carboxylic acids is 1. The Kier molecular flexibility index (Phi) is 6.76. The van der Waals surface area contributed by atoms with Crippen LogP contribution in [0.1, 0.15) is 18.5 Å². The third kappa shape index (κ3) is 4.88. The standard InChI is InChI=1S/C20H21N5O2S3/c1-3-25-17(12-29-20-21-15-8-4-5-9-16(15)30-20)22-23-19(25)28-13-18(26)24(2)11-14-7-6-10-27-14/h4-10H,3,11-13H2,1-2H3. The predicted molar refractivity (Wildman–Crippen MR) is 121 cm³/mol. The Morgan fingerprint density at radius 2 is 2.07 bits per heavy atom. The van der Waals surface area contributed by atoms with Gasteiger partial charge in [0.15, 0.2) is 9.50 Å². The van der Waals surface area contributed by atoms with Crippen LogP contribution < -0.4 is 0 Å². The smallest absolute Gasteiger partial charge is 0.233 e. The van der Waals surface area contributed by atoms with E-state index in [9.17, 15) is 4.79 Å². The number of amides is 1. The molecular formula is C20H21N5O2S3. The van der Waals surface area contributed by atoms with Gasteiger partial charge in [0.05, 0.1) is 34.5 Å². The zero-order valence-corrected chi connectivity index (χ0v) is 19.1. The first kappa shape index (κ1) is 21.0. The average Bonchev–Trinajstić information content (AvgIpc) is 3.49. The summed E-state index contributed by atoms with van der Waals surface area (Å²) in [6.45, 7) is 3.27. The van der Waals surface area contributed by atoms with Gasteiger partial charge < -0.3 is 13.9 Å². The summed E-state index contributed by atoms with van der Waals surface area (Å²) in [5.74, 6) is 2.67. The number of hydrogen-bond acceptors (Lipinski definition) is 8. The van der Waals surface area contributed by atoms with Crippen LogP contribution in [0.5, 0.6) is 0 Å². The molecule has 156 valence electrons. The second-order valence-corrected chi connectivity index (χ2v) is 9.69. The van der Waals surface area contributed by atoms with Crippen LogP contribution in [0.4, 0.5) is 0 Å². The number of fused-ring (bicyclic) bond motifs is 1. The number of carbonyl (C=O) groups is 1. The van der Waals surface area contributed by atoms with Crippen molar-refractivity contribution in [3.63, 3.8) is 0 Å². The van der Waals surface area contributed by atoms with E-state index in [4.69, 9.17) is 4.42 Å². The van der Waals surface area contributed by atoms with Crippen molar-refractivity contribution in [2.24, 2.45) is 0 Å². The van der Waals surface area contributed by atoms with Crippen LogP contribution in [-0.4, -0.2) is 43.4 Å². The van der Waals surface area contributed by atoms with Crippen molar-refractivity contribution in [1.29, 1.82) is 0 Å². The van der Waals surface area contributed by atoms with E-state index < -0.39 is 0 Å². The van der Waals surface area contributed by atoms with Gasteiger partial charge in [-0.2, -0.15) is 0 Å². The Labute approximate surface area is 186 Å². The molecule has 0 unspecified atom stereocenters. The number of benzene rings is 1. The normalized spacial score (nSPS) is 11.3. The van der Waals surface area contributed by atoms with Gasteiger partial charge in [0, 0.05) is 13.6 Å². The van der Waals surface area contributed by atoms with E-state index in [2.05, 4.69) is 32.7 Å².